The second-order valence-corrected chi connectivity index (χ2v) is 6.40. The quantitative estimate of drug-likeness (QED) is 0.825. The molecule has 1 aliphatic carbocycles. The monoisotopic (exact) mass is 275 g/mol. The Kier molecular flexibility index (Phi) is 5.90. The van der Waals surface area contributed by atoms with E-state index in [1.807, 2.05) is 0 Å². The highest BCUT2D eigenvalue weighted by molar-refractivity contribution is 5.29. The molecule has 0 spiro atoms. The number of nitrogens with one attached hydrogen (secondary N) is 1. The normalized spacial score (nSPS) is 18.2. The molecule has 0 saturated heterocycles. The first-order valence-corrected chi connectivity index (χ1v) is 8.15. The largest absolute Gasteiger partial charge is 0.489 e. The molecule has 1 atom stereocenters. The number of benzene rings is 1. The topological polar surface area (TPSA) is 21.3 Å². The van der Waals surface area contributed by atoms with Crippen LogP contribution in [0.5, 0.6) is 5.75 Å². The van der Waals surface area contributed by atoms with Crippen LogP contribution in [0.1, 0.15) is 64.4 Å². The highest BCUT2D eigenvalue weighted by Crippen LogP contribution is 2.20. The molecule has 20 heavy (non-hydrogen) atoms. The van der Waals surface area contributed by atoms with Gasteiger partial charge in [-0.1, -0.05) is 45.2 Å². The predicted molar refractivity (Wildman–Crippen MR) is 85.5 cm³/mol. The minimum Gasteiger partial charge on any atom is -0.489 e. The summed E-state index contributed by atoms with van der Waals surface area (Å²) in [6.45, 7) is 7.52. The third kappa shape index (κ3) is 4.82. The molecule has 0 aromatic heterocycles. The molecule has 1 aliphatic rings. The minimum atomic E-state index is 0.224. The first-order valence-electron chi connectivity index (χ1n) is 8.15. The zero-order chi connectivity index (χ0) is 14.4. The van der Waals surface area contributed by atoms with Crippen LogP contribution in [0.2, 0.25) is 0 Å². The van der Waals surface area contributed by atoms with E-state index in [0.29, 0.717) is 12.0 Å². The molecule has 2 rings (SSSR count). The fourth-order valence-electron chi connectivity index (χ4n) is 2.84. The lowest BCUT2D eigenvalue weighted by molar-refractivity contribution is 0.205. The first kappa shape index (κ1) is 15.4. The summed E-state index contributed by atoms with van der Waals surface area (Å²) in [5.74, 6) is 1.56. The maximum atomic E-state index is 5.98. The van der Waals surface area contributed by atoms with Gasteiger partial charge in [0.05, 0.1) is 0 Å². The van der Waals surface area contributed by atoms with E-state index in [9.17, 15) is 0 Å². The van der Waals surface area contributed by atoms with Gasteiger partial charge in [-0.25, -0.2) is 0 Å². The molecule has 0 radical (unpaired) electrons. The molecule has 0 aliphatic heterocycles. The lowest BCUT2D eigenvalue weighted by Crippen LogP contribution is -2.37. The molecule has 1 fully saturated rings. The fraction of sp³-hybridized carbons (Fsp3) is 0.667. The predicted octanol–water partition coefficient (Wildman–Crippen LogP) is 4.50. The smallest absolute Gasteiger partial charge is 0.119 e. The average Bonchev–Trinajstić information content (AvgIpc) is 2.47. The molecular weight excluding hydrogens is 246 g/mol. The zero-order valence-corrected chi connectivity index (χ0v) is 13.2. The lowest BCUT2D eigenvalue weighted by Gasteiger charge is -2.25. The highest BCUT2D eigenvalue weighted by Gasteiger charge is 2.14. The molecule has 112 valence electrons. The maximum Gasteiger partial charge on any atom is 0.119 e. The number of rotatable bonds is 6. The maximum absolute atomic E-state index is 5.98. The standard InChI is InChI=1S/C18H29NO/c1-14(2)16-9-11-18(12-10-16)20-15(3)13-19-17-7-5-4-6-8-17/h9-12,14-15,17,19H,4-8,13H2,1-3H3/t15-/m0/s1. The van der Waals surface area contributed by atoms with E-state index >= 15 is 0 Å². The molecule has 1 aromatic carbocycles. The van der Waals surface area contributed by atoms with Crippen molar-refractivity contribution in [3.8, 4) is 5.75 Å². The van der Waals surface area contributed by atoms with Gasteiger partial charge < -0.3 is 10.1 Å². The van der Waals surface area contributed by atoms with Gasteiger partial charge in [0, 0.05) is 12.6 Å². The Morgan fingerprint density at radius 3 is 2.30 bits per heavy atom. The summed E-state index contributed by atoms with van der Waals surface area (Å²) in [7, 11) is 0. The Hall–Kier alpha value is -1.02. The van der Waals surface area contributed by atoms with Gasteiger partial charge >= 0.3 is 0 Å². The van der Waals surface area contributed by atoms with Crippen molar-refractivity contribution < 1.29 is 4.74 Å². The van der Waals surface area contributed by atoms with Gasteiger partial charge in [-0.15, -0.1) is 0 Å². The molecule has 0 amide bonds. The Morgan fingerprint density at radius 1 is 1.05 bits per heavy atom. The van der Waals surface area contributed by atoms with Crippen molar-refractivity contribution in [2.24, 2.45) is 0 Å². The molecule has 1 saturated carbocycles. The average molecular weight is 275 g/mol. The number of ether oxygens (including phenoxy) is 1. The summed E-state index contributed by atoms with van der Waals surface area (Å²) in [5, 5.41) is 3.65. The van der Waals surface area contributed by atoms with Crippen LogP contribution in [-0.4, -0.2) is 18.7 Å². The number of hydrogen-bond acceptors (Lipinski definition) is 2. The third-order valence-electron chi connectivity index (χ3n) is 4.18. The van der Waals surface area contributed by atoms with E-state index in [-0.39, 0.29) is 6.10 Å². The third-order valence-corrected chi connectivity index (χ3v) is 4.18. The van der Waals surface area contributed by atoms with Gasteiger partial charge in [0.25, 0.3) is 0 Å². The van der Waals surface area contributed by atoms with E-state index in [0.717, 1.165) is 12.3 Å². The Labute approximate surface area is 123 Å². The SMILES string of the molecule is CC(C)c1ccc(O[C@@H](C)CNC2CCCCC2)cc1. The second kappa shape index (κ2) is 7.68. The number of hydrogen-bond donors (Lipinski definition) is 1. The summed E-state index contributed by atoms with van der Waals surface area (Å²) >= 11 is 0. The highest BCUT2D eigenvalue weighted by atomic mass is 16.5. The zero-order valence-electron chi connectivity index (χ0n) is 13.2. The summed E-state index contributed by atoms with van der Waals surface area (Å²) in [4.78, 5) is 0. The van der Waals surface area contributed by atoms with Crippen molar-refractivity contribution in [2.75, 3.05) is 6.54 Å². The summed E-state index contributed by atoms with van der Waals surface area (Å²) in [6.07, 6.45) is 7.05. The van der Waals surface area contributed by atoms with Crippen LogP contribution in [0.3, 0.4) is 0 Å². The van der Waals surface area contributed by atoms with Crippen LogP contribution in [0.15, 0.2) is 24.3 Å². The van der Waals surface area contributed by atoms with Crippen LogP contribution in [-0.2, 0) is 0 Å². The molecular formula is C18H29NO. The van der Waals surface area contributed by atoms with Crippen LogP contribution in [0.25, 0.3) is 0 Å². The first-order chi connectivity index (χ1) is 9.65. The van der Waals surface area contributed by atoms with E-state index in [2.05, 4.69) is 50.4 Å². The van der Waals surface area contributed by atoms with Crippen LogP contribution < -0.4 is 10.1 Å². The van der Waals surface area contributed by atoms with Crippen molar-refractivity contribution >= 4 is 0 Å². The second-order valence-electron chi connectivity index (χ2n) is 6.40. The van der Waals surface area contributed by atoms with Crippen molar-refractivity contribution in [2.45, 2.75) is 70.9 Å². The van der Waals surface area contributed by atoms with Gasteiger partial charge in [-0.05, 0) is 43.4 Å². The molecule has 0 bridgehead atoms. The fourth-order valence-corrected chi connectivity index (χ4v) is 2.84. The molecule has 1 aromatic rings. The summed E-state index contributed by atoms with van der Waals surface area (Å²) in [5.41, 5.74) is 1.37. The minimum absolute atomic E-state index is 0.224. The lowest BCUT2D eigenvalue weighted by atomic mass is 9.95. The van der Waals surface area contributed by atoms with Crippen molar-refractivity contribution in [3.63, 3.8) is 0 Å². The van der Waals surface area contributed by atoms with Crippen molar-refractivity contribution in [3.05, 3.63) is 29.8 Å². The molecule has 0 heterocycles. The van der Waals surface area contributed by atoms with Gasteiger partial charge in [-0.2, -0.15) is 0 Å². The molecule has 1 N–H and O–H groups in total. The van der Waals surface area contributed by atoms with E-state index in [4.69, 9.17) is 4.74 Å². The Balaban J connectivity index is 1.74. The Bertz CT molecular complexity index is 379. The van der Waals surface area contributed by atoms with Gasteiger partial charge in [0.1, 0.15) is 11.9 Å². The van der Waals surface area contributed by atoms with E-state index in [1.165, 1.54) is 37.7 Å². The molecule has 0 unspecified atom stereocenters. The van der Waals surface area contributed by atoms with E-state index in [1.54, 1.807) is 0 Å². The van der Waals surface area contributed by atoms with Crippen LogP contribution in [0.4, 0.5) is 0 Å². The van der Waals surface area contributed by atoms with Gasteiger partial charge in [0.2, 0.25) is 0 Å². The van der Waals surface area contributed by atoms with Crippen molar-refractivity contribution in [1.82, 2.24) is 5.32 Å². The summed E-state index contributed by atoms with van der Waals surface area (Å²) < 4.78 is 5.98. The van der Waals surface area contributed by atoms with Gasteiger partial charge in [0.15, 0.2) is 0 Å². The van der Waals surface area contributed by atoms with Gasteiger partial charge in [-0.3, -0.25) is 0 Å². The Morgan fingerprint density at radius 2 is 1.70 bits per heavy atom. The molecule has 2 heteroatoms. The van der Waals surface area contributed by atoms with E-state index < -0.39 is 0 Å². The van der Waals surface area contributed by atoms with Crippen LogP contribution >= 0.6 is 0 Å². The molecule has 2 nitrogen and oxygen atoms in total. The van der Waals surface area contributed by atoms with Crippen molar-refractivity contribution in [1.29, 1.82) is 0 Å². The summed E-state index contributed by atoms with van der Waals surface area (Å²) in [6, 6.07) is 9.22. The van der Waals surface area contributed by atoms with Crippen LogP contribution in [0, 0.1) is 0 Å².